The van der Waals surface area contributed by atoms with Gasteiger partial charge in [-0.05, 0) is 25.7 Å². The molecule has 2 amide bonds. The maximum atomic E-state index is 12.9. The van der Waals surface area contributed by atoms with Crippen LogP contribution in [0.25, 0.3) is 0 Å². The van der Waals surface area contributed by atoms with Gasteiger partial charge in [0.05, 0.1) is 17.3 Å². The van der Waals surface area contributed by atoms with E-state index in [2.05, 4.69) is 5.10 Å². The van der Waals surface area contributed by atoms with Gasteiger partial charge in [-0.3, -0.25) is 14.3 Å². The zero-order chi connectivity index (χ0) is 16.0. The number of ether oxygens (including phenoxy) is 1. The molecular formula is C16H22N4O3. The number of nitrogens with zero attached hydrogens (tertiary/aromatic N) is 4. The van der Waals surface area contributed by atoms with Gasteiger partial charge in [-0.1, -0.05) is 0 Å². The van der Waals surface area contributed by atoms with Crippen LogP contribution in [0, 0.1) is 5.41 Å². The first kappa shape index (κ1) is 14.7. The van der Waals surface area contributed by atoms with Gasteiger partial charge in [0.2, 0.25) is 5.91 Å². The van der Waals surface area contributed by atoms with E-state index < -0.39 is 5.41 Å². The monoisotopic (exact) mass is 318 g/mol. The van der Waals surface area contributed by atoms with E-state index >= 15 is 0 Å². The average Bonchev–Trinajstić information content (AvgIpc) is 3.30. The van der Waals surface area contributed by atoms with Gasteiger partial charge in [0, 0.05) is 39.5 Å². The number of aryl methyl sites for hydroxylation is 1. The van der Waals surface area contributed by atoms with Gasteiger partial charge < -0.3 is 14.5 Å². The third-order valence-electron chi connectivity index (χ3n) is 5.39. The Labute approximate surface area is 135 Å². The van der Waals surface area contributed by atoms with Crippen molar-refractivity contribution in [3.63, 3.8) is 0 Å². The molecule has 1 spiro atoms. The Kier molecular flexibility index (Phi) is 3.41. The smallest absolute Gasteiger partial charge is 0.251 e. The number of aromatic nitrogens is 2. The number of amides is 2. The second-order valence-corrected chi connectivity index (χ2v) is 6.87. The van der Waals surface area contributed by atoms with Crippen LogP contribution in [0.15, 0.2) is 12.4 Å². The zero-order valence-corrected chi connectivity index (χ0v) is 13.4. The molecule has 0 saturated carbocycles. The molecular weight excluding hydrogens is 296 g/mol. The summed E-state index contributed by atoms with van der Waals surface area (Å²) in [5, 5.41) is 4.15. The van der Waals surface area contributed by atoms with Gasteiger partial charge in [0.15, 0.2) is 0 Å². The molecule has 7 nitrogen and oxygen atoms in total. The van der Waals surface area contributed by atoms with Gasteiger partial charge in [0.25, 0.3) is 5.91 Å². The van der Waals surface area contributed by atoms with E-state index in [0.29, 0.717) is 26.2 Å². The third-order valence-corrected chi connectivity index (χ3v) is 5.39. The molecule has 2 atom stereocenters. The van der Waals surface area contributed by atoms with E-state index in [9.17, 15) is 9.59 Å². The standard InChI is InChI=1S/C16H22N4O3/c1-18-10-12(9-17-18)20-7-5-16(15(20)22)4-6-19(11-16)14(21)13-3-2-8-23-13/h9-10,13H,2-8,11H2,1H3/t13-,16-/m1/s1. The topological polar surface area (TPSA) is 67.7 Å². The van der Waals surface area contributed by atoms with Crippen LogP contribution in [-0.2, 0) is 21.4 Å². The Balaban J connectivity index is 1.47. The Hall–Kier alpha value is -1.89. The molecule has 3 aliphatic rings. The van der Waals surface area contributed by atoms with Crippen LogP contribution in [0.4, 0.5) is 5.69 Å². The van der Waals surface area contributed by atoms with Gasteiger partial charge in [-0.2, -0.15) is 5.10 Å². The first-order valence-corrected chi connectivity index (χ1v) is 8.30. The molecule has 1 aromatic heterocycles. The van der Waals surface area contributed by atoms with E-state index in [4.69, 9.17) is 4.74 Å². The average molecular weight is 318 g/mol. The molecule has 3 fully saturated rings. The molecule has 0 aromatic carbocycles. The number of likely N-dealkylation sites (tertiary alicyclic amines) is 1. The lowest BCUT2D eigenvalue weighted by Gasteiger charge is -2.24. The molecule has 7 heteroatoms. The fourth-order valence-corrected chi connectivity index (χ4v) is 4.03. The van der Waals surface area contributed by atoms with Crippen molar-refractivity contribution in [2.45, 2.75) is 31.8 Å². The first-order valence-electron chi connectivity index (χ1n) is 8.30. The fourth-order valence-electron chi connectivity index (χ4n) is 4.03. The highest BCUT2D eigenvalue weighted by molar-refractivity contribution is 6.00. The lowest BCUT2D eigenvalue weighted by atomic mass is 9.85. The molecule has 3 aliphatic heterocycles. The quantitative estimate of drug-likeness (QED) is 0.799. The van der Waals surface area contributed by atoms with Crippen molar-refractivity contribution in [3.8, 4) is 0 Å². The van der Waals surface area contributed by atoms with E-state index in [-0.39, 0.29) is 17.9 Å². The third kappa shape index (κ3) is 2.34. The van der Waals surface area contributed by atoms with Crippen molar-refractivity contribution in [3.05, 3.63) is 12.4 Å². The molecule has 0 N–H and O–H groups in total. The summed E-state index contributed by atoms with van der Waals surface area (Å²) in [5.74, 6) is 0.195. The molecule has 1 aromatic rings. The molecule has 23 heavy (non-hydrogen) atoms. The van der Waals surface area contributed by atoms with Crippen LogP contribution in [0.5, 0.6) is 0 Å². The Morgan fingerprint density at radius 1 is 1.39 bits per heavy atom. The van der Waals surface area contributed by atoms with Crippen LogP contribution in [-0.4, -0.2) is 58.8 Å². The SMILES string of the molecule is Cn1cc(N2CC[C@@]3(CCN(C(=O)[C@H]4CCCO4)C3)C2=O)cn1. The molecule has 4 rings (SSSR count). The van der Waals surface area contributed by atoms with Crippen molar-refractivity contribution in [2.24, 2.45) is 12.5 Å². The van der Waals surface area contributed by atoms with Gasteiger partial charge in [-0.15, -0.1) is 0 Å². The Bertz CT molecular complexity index is 637. The van der Waals surface area contributed by atoms with Crippen molar-refractivity contribution in [1.29, 1.82) is 0 Å². The summed E-state index contributed by atoms with van der Waals surface area (Å²) in [7, 11) is 1.84. The van der Waals surface area contributed by atoms with Gasteiger partial charge in [0.1, 0.15) is 6.10 Å². The fraction of sp³-hybridized carbons (Fsp3) is 0.688. The minimum atomic E-state index is -0.413. The maximum absolute atomic E-state index is 12.9. The largest absolute Gasteiger partial charge is 0.368 e. The van der Waals surface area contributed by atoms with Gasteiger partial charge in [-0.25, -0.2) is 0 Å². The van der Waals surface area contributed by atoms with Crippen LogP contribution in [0.3, 0.4) is 0 Å². The van der Waals surface area contributed by atoms with Crippen molar-refractivity contribution < 1.29 is 14.3 Å². The van der Waals surface area contributed by atoms with E-state index in [1.807, 2.05) is 23.0 Å². The van der Waals surface area contributed by atoms with Crippen LogP contribution >= 0.6 is 0 Å². The van der Waals surface area contributed by atoms with Crippen LogP contribution in [0.1, 0.15) is 25.7 Å². The highest BCUT2D eigenvalue weighted by Crippen LogP contribution is 2.42. The second kappa shape index (κ2) is 5.33. The summed E-state index contributed by atoms with van der Waals surface area (Å²) >= 11 is 0. The summed E-state index contributed by atoms with van der Waals surface area (Å²) in [6, 6.07) is 0. The predicted octanol–water partition coefficient (Wildman–Crippen LogP) is 0.554. The Morgan fingerprint density at radius 3 is 2.91 bits per heavy atom. The summed E-state index contributed by atoms with van der Waals surface area (Å²) in [5.41, 5.74) is 0.433. The van der Waals surface area contributed by atoms with Crippen molar-refractivity contribution >= 4 is 17.5 Å². The predicted molar refractivity (Wildman–Crippen MR) is 82.8 cm³/mol. The first-order chi connectivity index (χ1) is 11.1. The summed E-state index contributed by atoms with van der Waals surface area (Å²) in [6.07, 6.45) is 6.59. The molecule has 0 aliphatic carbocycles. The number of rotatable bonds is 2. The number of carbonyl (C=O) groups excluding carboxylic acids is 2. The molecule has 0 bridgehead atoms. The second-order valence-electron chi connectivity index (χ2n) is 6.87. The summed E-state index contributed by atoms with van der Waals surface area (Å²) in [4.78, 5) is 29.1. The van der Waals surface area contributed by atoms with E-state index in [0.717, 1.165) is 31.4 Å². The molecule has 124 valence electrons. The summed E-state index contributed by atoms with van der Waals surface area (Å²) < 4.78 is 7.20. The number of anilines is 1. The van der Waals surface area contributed by atoms with Crippen molar-refractivity contribution in [1.82, 2.24) is 14.7 Å². The van der Waals surface area contributed by atoms with Crippen molar-refractivity contribution in [2.75, 3.05) is 31.1 Å². The minimum absolute atomic E-state index is 0.0620. The highest BCUT2D eigenvalue weighted by atomic mass is 16.5. The maximum Gasteiger partial charge on any atom is 0.251 e. The highest BCUT2D eigenvalue weighted by Gasteiger charge is 2.52. The lowest BCUT2D eigenvalue weighted by molar-refractivity contribution is -0.140. The van der Waals surface area contributed by atoms with Crippen LogP contribution < -0.4 is 4.90 Å². The Morgan fingerprint density at radius 2 is 2.22 bits per heavy atom. The summed E-state index contributed by atoms with van der Waals surface area (Å²) in [6.45, 7) is 2.56. The number of hydrogen-bond acceptors (Lipinski definition) is 4. The molecule has 0 radical (unpaired) electrons. The lowest BCUT2D eigenvalue weighted by Crippen LogP contribution is -2.41. The molecule has 0 unspecified atom stereocenters. The molecule has 3 saturated heterocycles. The minimum Gasteiger partial charge on any atom is -0.368 e. The van der Waals surface area contributed by atoms with Gasteiger partial charge >= 0.3 is 0 Å². The number of hydrogen-bond donors (Lipinski definition) is 0. The van der Waals surface area contributed by atoms with E-state index in [1.165, 1.54) is 0 Å². The number of carbonyl (C=O) groups is 2. The zero-order valence-electron chi connectivity index (χ0n) is 13.4. The van der Waals surface area contributed by atoms with E-state index in [1.54, 1.807) is 10.9 Å². The van der Waals surface area contributed by atoms with Crippen LogP contribution in [0.2, 0.25) is 0 Å². The molecule has 4 heterocycles. The normalized spacial score (nSPS) is 30.8.